The summed E-state index contributed by atoms with van der Waals surface area (Å²) in [5.74, 6) is -0.253. The molecular formula is C22H23F6N7O3. The number of amides is 1. The molecule has 3 aromatic heterocycles. The minimum Gasteiger partial charge on any atom is -0.370 e. The van der Waals surface area contributed by atoms with Crippen molar-refractivity contribution in [2.24, 2.45) is 0 Å². The van der Waals surface area contributed by atoms with Crippen molar-refractivity contribution < 1.29 is 35.9 Å². The van der Waals surface area contributed by atoms with Gasteiger partial charge in [-0.05, 0) is 19.8 Å². The molecule has 0 aliphatic carbocycles. The summed E-state index contributed by atoms with van der Waals surface area (Å²) >= 11 is 0. The third-order valence-corrected chi connectivity index (χ3v) is 6.13. The number of fused-ring (bicyclic) bond motifs is 1. The van der Waals surface area contributed by atoms with Gasteiger partial charge in [0.05, 0.1) is 40.9 Å². The second-order valence-corrected chi connectivity index (χ2v) is 8.87. The number of carbonyl (C=O) groups is 1. The summed E-state index contributed by atoms with van der Waals surface area (Å²) < 4.78 is 84.9. The number of aromatic nitrogens is 5. The number of carbonyl (C=O) groups excluding carboxylic acids is 1. The Hall–Kier alpha value is -3.69. The second kappa shape index (κ2) is 10.6. The molecule has 1 aliphatic rings. The number of ether oxygens (including phenoxy) is 1. The van der Waals surface area contributed by atoms with E-state index in [1.54, 1.807) is 11.8 Å². The molecule has 4 rings (SSSR count). The summed E-state index contributed by atoms with van der Waals surface area (Å²) in [4.78, 5) is 33.5. The van der Waals surface area contributed by atoms with Gasteiger partial charge in [-0.15, -0.1) is 0 Å². The van der Waals surface area contributed by atoms with Crippen LogP contribution in [0.4, 0.5) is 32.3 Å². The van der Waals surface area contributed by atoms with Gasteiger partial charge in [-0.1, -0.05) is 0 Å². The summed E-state index contributed by atoms with van der Waals surface area (Å²) in [5, 5.41) is 7.86. The van der Waals surface area contributed by atoms with E-state index < -0.39 is 46.4 Å². The van der Waals surface area contributed by atoms with Crippen molar-refractivity contribution in [3.05, 3.63) is 46.3 Å². The molecule has 0 radical (unpaired) electrons. The lowest BCUT2D eigenvalue weighted by molar-refractivity contribution is -0.138. The van der Waals surface area contributed by atoms with Crippen molar-refractivity contribution in [2.45, 2.75) is 44.2 Å². The van der Waals surface area contributed by atoms with Crippen LogP contribution in [0.15, 0.2) is 29.6 Å². The van der Waals surface area contributed by atoms with E-state index in [9.17, 15) is 35.9 Å². The largest absolute Gasteiger partial charge is 0.419 e. The Labute approximate surface area is 211 Å². The van der Waals surface area contributed by atoms with Gasteiger partial charge < -0.3 is 19.5 Å². The number of rotatable bonds is 7. The molecule has 1 amide bonds. The number of alkyl halides is 6. The fraction of sp³-hybridized carbons (Fsp3) is 0.500. The van der Waals surface area contributed by atoms with Crippen molar-refractivity contribution in [3.8, 4) is 0 Å². The van der Waals surface area contributed by atoms with Crippen molar-refractivity contribution in [1.29, 1.82) is 0 Å². The summed E-state index contributed by atoms with van der Waals surface area (Å²) in [7, 11) is 0. The van der Waals surface area contributed by atoms with Crippen LogP contribution in [0.1, 0.15) is 36.9 Å². The number of hydrogen-bond acceptors (Lipinski definition) is 7. The van der Waals surface area contributed by atoms with E-state index >= 15 is 0 Å². The Kier molecular flexibility index (Phi) is 7.62. The highest BCUT2D eigenvalue weighted by atomic mass is 19.4. The van der Waals surface area contributed by atoms with E-state index in [0.29, 0.717) is 25.9 Å². The van der Waals surface area contributed by atoms with Gasteiger partial charge in [-0.2, -0.15) is 31.4 Å². The standard InChI is InChI=1S/C22H23F6N7O3/c1-12(35-9-15(22(26,27)28)18-16(35)8-31-33-19(18)37)10-38-11-17(36)32-14-2-4-34(5-3-14)20-29-6-13(7-30-20)21(23,24)25/h6-9,12,14H,2-5,10-11H2,1H3,(H,32,36)(H,33,37). The molecule has 206 valence electrons. The fourth-order valence-corrected chi connectivity index (χ4v) is 4.22. The van der Waals surface area contributed by atoms with Gasteiger partial charge >= 0.3 is 12.4 Å². The Morgan fingerprint density at radius 2 is 1.79 bits per heavy atom. The maximum Gasteiger partial charge on any atom is 0.419 e. The Morgan fingerprint density at radius 1 is 1.13 bits per heavy atom. The predicted molar refractivity (Wildman–Crippen MR) is 121 cm³/mol. The third-order valence-electron chi connectivity index (χ3n) is 6.13. The van der Waals surface area contributed by atoms with E-state index in [0.717, 1.165) is 24.8 Å². The molecular weight excluding hydrogens is 524 g/mol. The Bertz CT molecular complexity index is 1330. The van der Waals surface area contributed by atoms with Crippen LogP contribution in [0.2, 0.25) is 0 Å². The lowest BCUT2D eigenvalue weighted by Gasteiger charge is -2.32. The molecule has 10 nitrogen and oxygen atoms in total. The summed E-state index contributed by atoms with van der Waals surface area (Å²) in [6.45, 7) is 1.98. The minimum atomic E-state index is -4.74. The van der Waals surface area contributed by atoms with Crippen LogP contribution in [-0.2, 0) is 21.9 Å². The molecule has 1 atom stereocenters. The first-order valence-corrected chi connectivity index (χ1v) is 11.5. The number of nitrogens with one attached hydrogen (secondary N) is 2. The average Bonchev–Trinajstić information content (AvgIpc) is 3.26. The second-order valence-electron chi connectivity index (χ2n) is 8.87. The average molecular weight is 547 g/mol. The van der Waals surface area contributed by atoms with E-state index in [4.69, 9.17) is 4.74 Å². The molecule has 0 aromatic carbocycles. The van der Waals surface area contributed by atoms with Crippen molar-refractivity contribution >= 4 is 22.8 Å². The lowest BCUT2D eigenvalue weighted by Crippen LogP contribution is -2.46. The monoisotopic (exact) mass is 547 g/mol. The van der Waals surface area contributed by atoms with E-state index in [1.165, 1.54) is 4.57 Å². The lowest BCUT2D eigenvalue weighted by atomic mass is 10.1. The van der Waals surface area contributed by atoms with E-state index in [2.05, 4.69) is 20.4 Å². The first-order chi connectivity index (χ1) is 17.8. The molecule has 1 aliphatic heterocycles. The van der Waals surface area contributed by atoms with Gasteiger partial charge in [0.15, 0.2) is 0 Å². The smallest absolute Gasteiger partial charge is 0.370 e. The molecule has 38 heavy (non-hydrogen) atoms. The van der Waals surface area contributed by atoms with E-state index in [1.807, 2.05) is 5.10 Å². The molecule has 0 spiro atoms. The topological polar surface area (TPSA) is 118 Å². The molecule has 2 N–H and O–H groups in total. The molecule has 1 saturated heterocycles. The number of nitrogens with zero attached hydrogens (tertiary/aromatic N) is 5. The number of aromatic amines is 1. The number of H-pyrrole nitrogens is 1. The number of hydrogen-bond donors (Lipinski definition) is 2. The first-order valence-electron chi connectivity index (χ1n) is 11.5. The van der Waals surface area contributed by atoms with Gasteiger partial charge in [-0.25, -0.2) is 15.1 Å². The normalized spacial score (nSPS) is 16.1. The van der Waals surface area contributed by atoms with Crippen LogP contribution in [-0.4, -0.2) is 63.0 Å². The molecule has 3 aromatic rings. The zero-order chi connectivity index (χ0) is 27.7. The summed E-state index contributed by atoms with van der Waals surface area (Å²) in [6.07, 6.45) is -4.86. The van der Waals surface area contributed by atoms with Crippen LogP contribution in [0.5, 0.6) is 0 Å². The van der Waals surface area contributed by atoms with Gasteiger partial charge in [0.25, 0.3) is 5.56 Å². The minimum absolute atomic E-state index is 0.00888. The number of piperidine rings is 1. The molecule has 1 unspecified atom stereocenters. The maximum atomic E-state index is 13.4. The zero-order valence-corrected chi connectivity index (χ0v) is 19.9. The molecule has 1 fully saturated rings. The molecule has 16 heteroatoms. The van der Waals surface area contributed by atoms with Crippen molar-refractivity contribution in [1.82, 2.24) is 30.0 Å². The van der Waals surface area contributed by atoms with Crippen LogP contribution in [0.25, 0.3) is 10.9 Å². The Balaban J connectivity index is 1.26. The zero-order valence-electron chi connectivity index (χ0n) is 19.9. The maximum absolute atomic E-state index is 13.4. The quantitative estimate of drug-likeness (QED) is 0.437. The van der Waals surface area contributed by atoms with Gasteiger partial charge in [0, 0.05) is 37.7 Å². The van der Waals surface area contributed by atoms with Crippen LogP contribution < -0.4 is 15.8 Å². The predicted octanol–water partition coefficient (Wildman–Crippen LogP) is 2.92. The third kappa shape index (κ3) is 6.06. The van der Waals surface area contributed by atoms with Gasteiger partial charge in [0.2, 0.25) is 11.9 Å². The Morgan fingerprint density at radius 3 is 2.39 bits per heavy atom. The van der Waals surface area contributed by atoms with Gasteiger partial charge in [-0.3, -0.25) is 9.59 Å². The van der Waals surface area contributed by atoms with Crippen LogP contribution >= 0.6 is 0 Å². The molecule has 0 saturated carbocycles. The highest BCUT2D eigenvalue weighted by molar-refractivity contribution is 5.83. The SMILES string of the molecule is CC(COCC(=O)NC1CCN(c2ncc(C(F)(F)F)cn2)CC1)n1cc(C(F)(F)F)c2c(=O)[nH]ncc21. The first kappa shape index (κ1) is 27.3. The van der Waals surface area contributed by atoms with Crippen LogP contribution in [0.3, 0.4) is 0 Å². The highest BCUT2D eigenvalue weighted by Gasteiger charge is 2.36. The van der Waals surface area contributed by atoms with Crippen molar-refractivity contribution in [3.63, 3.8) is 0 Å². The van der Waals surface area contributed by atoms with Crippen molar-refractivity contribution in [2.75, 3.05) is 31.2 Å². The van der Waals surface area contributed by atoms with Gasteiger partial charge in [0.1, 0.15) is 6.61 Å². The highest BCUT2D eigenvalue weighted by Crippen LogP contribution is 2.35. The van der Waals surface area contributed by atoms with Crippen LogP contribution in [0, 0.1) is 0 Å². The molecule has 4 heterocycles. The molecule has 0 bridgehead atoms. The number of anilines is 1. The summed E-state index contributed by atoms with van der Waals surface area (Å²) in [6, 6.07) is -0.841. The number of halogens is 6. The van der Waals surface area contributed by atoms with E-state index in [-0.39, 0.29) is 30.7 Å². The fourth-order valence-electron chi connectivity index (χ4n) is 4.22. The summed E-state index contributed by atoms with van der Waals surface area (Å²) in [5.41, 5.74) is -3.00.